The molecule has 0 saturated carbocycles. The fourth-order valence-corrected chi connectivity index (χ4v) is 3.03. The van der Waals surface area contributed by atoms with Crippen LogP contribution in [0.5, 0.6) is 0 Å². The van der Waals surface area contributed by atoms with E-state index in [0.717, 1.165) is 22.2 Å². The molecule has 0 radical (unpaired) electrons. The maximum Gasteiger partial charge on any atom is 0.256 e. The lowest BCUT2D eigenvalue weighted by Crippen LogP contribution is -2.23. The molecule has 1 aliphatic heterocycles. The third-order valence-corrected chi connectivity index (χ3v) is 4.17. The molecule has 0 aliphatic carbocycles. The van der Waals surface area contributed by atoms with Gasteiger partial charge in [-0.2, -0.15) is 0 Å². The molecule has 3 aromatic rings. The summed E-state index contributed by atoms with van der Waals surface area (Å²) >= 11 is 6.02. The quantitative estimate of drug-likeness (QED) is 0.715. The van der Waals surface area contributed by atoms with Crippen LogP contribution in [0, 0.1) is 0 Å². The molecule has 1 aromatic heterocycles. The number of hydrogen-bond donors (Lipinski definition) is 0. The van der Waals surface area contributed by atoms with Crippen molar-refractivity contribution in [1.29, 1.82) is 0 Å². The minimum atomic E-state index is 0.0354. The summed E-state index contributed by atoms with van der Waals surface area (Å²) < 4.78 is 0. The van der Waals surface area contributed by atoms with Gasteiger partial charge in [0.2, 0.25) is 0 Å². The molecule has 4 rings (SSSR count). The van der Waals surface area contributed by atoms with Gasteiger partial charge in [-0.1, -0.05) is 41.9 Å². The van der Waals surface area contributed by atoms with Gasteiger partial charge in [0.25, 0.3) is 5.91 Å². The van der Waals surface area contributed by atoms with Crippen molar-refractivity contribution in [3.05, 3.63) is 76.4 Å². The minimum Gasteiger partial charge on any atom is -0.328 e. The molecule has 108 valence electrons. The Hall–Kier alpha value is -2.39. The number of amides is 1. The van der Waals surface area contributed by atoms with Crippen LogP contribution in [-0.4, -0.2) is 15.8 Å². The average molecular weight is 309 g/mol. The second kappa shape index (κ2) is 5.11. The zero-order valence-corrected chi connectivity index (χ0v) is 12.5. The normalized spacial score (nSPS) is 13.7. The molecule has 22 heavy (non-hydrogen) atoms. The van der Waals surface area contributed by atoms with Gasteiger partial charge >= 0.3 is 0 Å². The van der Waals surface area contributed by atoms with E-state index in [1.165, 1.54) is 0 Å². The van der Waals surface area contributed by atoms with Gasteiger partial charge in [0.15, 0.2) is 0 Å². The highest BCUT2D eigenvalue weighted by Crippen LogP contribution is 2.27. The van der Waals surface area contributed by atoms with E-state index < -0.39 is 0 Å². The summed E-state index contributed by atoms with van der Waals surface area (Å²) in [4.78, 5) is 19.0. The van der Waals surface area contributed by atoms with Gasteiger partial charge in [-0.3, -0.25) is 9.78 Å². The number of carbonyl (C=O) groups is 1. The van der Waals surface area contributed by atoms with Crippen LogP contribution < -0.4 is 0 Å². The first kappa shape index (κ1) is 13.3. The van der Waals surface area contributed by atoms with Crippen LogP contribution in [0.4, 0.5) is 0 Å². The molecule has 0 unspecified atom stereocenters. The van der Waals surface area contributed by atoms with Gasteiger partial charge in [-0.15, -0.1) is 0 Å². The first-order chi connectivity index (χ1) is 10.7. The number of hydrogen-bond acceptors (Lipinski definition) is 2. The molecule has 2 heterocycles. The predicted molar refractivity (Wildman–Crippen MR) is 86.8 cm³/mol. The van der Waals surface area contributed by atoms with Crippen LogP contribution in [0.3, 0.4) is 0 Å². The summed E-state index contributed by atoms with van der Waals surface area (Å²) in [5, 5.41) is 1.56. The maximum absolute atomic E-state index is 12.6. The molecule has 0 fully saturated rings. The van der Waals surface area contributed by atoms with Gasteiger partial charge in [0.1, 0.15) is 0 Å². The van der Waals surface area contributed by atoms with E-state index in [1.807, 2.05) is 59.5 Å². The van der Waals surface area contributed by atoms with Crippen LogP contribution in [0.15, 0.2) is 54.6 Å². The van der Waals surface area contributed by atoms with Crippen LogP contribution in [0.1, 0.15) is 21.6 Å². The summed E-state index contributed by atoms with van der Waals surface area (Å²) in [5.74, 6) is 0.0354. The largest absolute Gasteiger partial charge is 0.328 e. The van der Waals surface area contributed by atoms with Gasteiger partial charge in [-0.25, -0.2) is 0 Å². The highest BCUT2D eigenvalue weighted by atomic mass is 35.5. The van der Waals surface area contributed by atoms with Crippen LogP contribution >= 0.6 is 11.6 Å². The Balaban J connectivity index is 1.70. The molecule has 4 heteroatoms. The van der Waals surface area contributed by atoms with Crippen molar-refractivity contribution in [1.82, 2.24) is 9.88 Å². The van der Waals surface area contributed by atoms with E-state index in [0.29, 0.717) is 23.7 Å². The van der Waals surface area contributed by atoms with Crippen molar-refractivity contribution in [3.8, 4) is 0 Å². The van der Waals surface area contributed by atoms with Gasteiger partial charge in [0, 0.05) is 17.0 Å². The van der Waals surface area contributed by atoms with Crippen molar-refractivity contribution in [2.24, 2.45) is 0 Å². The topological polar surface area (TPSA) is 33.2 Å². The Labute approximate surface area is 133 Å². The number of carbonyl (C=O) groups excluding carboxylic acids is 1. The molecule has 1 aliphatic rings. The van der Waals surface area contributed by atoms with E-state index in [1.54, 1.807) is 0 Å². The van der Waals surface area contributed by atoms with Crippen molar-refractivity contribution < 1.29 is 4.79 Å². The number of rotatable bonds is 2. The lowest BCUT2D eigenvalue weighted by atomic mass is 10.1. The Morgan fingerprint density at radius 3 is 2.73 bits per heavy atom. The molecule has 0 spiro atoms. The summed E-state index contributed by atoms with van der Waals surface area (Å²) in [6, 6.07) is 17.5. The second-order valence-corrected chi connectivity index (χ2v) is 5.90. The van der Waals surface area contributed by atoms with Crippen molar-refractivity contribution >= 4 is 28.4 Å². The number of fused-ring (bicyclic) bond motifs is 2. The van der Waals surface area contributed by atoms with E-state index in [2.05, 4.69) is 4.98 Å². The molecule has 0 N–H and O–H groups in total. The number of aromatic nitrogens is 1. The Morgan fingerprint density at radius 2 is 1.91 bits per heavy atom. The summed E-state index contributed by atoms with van der Waals surface area (Å²) in [6.07, 6.45) is 0. The molecule has 0 saturated heterocycles. The number of nitrogens with zero attached hydrogens (tertiary/aromatic N) is 2. The first-order valence-electron chi connectivity index (χ1n) is 7.13. The van der Waals surface area contributed by atoms with E-state index in [4.69, 9.17) is 11.6 Å². The van der Waals surface area contributed by atoms with Crippen molar-refractivity contribution in [2.75, 3.05) is 0 Å². The van der Waals surface area contributed by atoms with E-state index >= 15 is 0 Å². The number of benzene rings is 2. The molecule has 2 aromatic carbocycles. The number of pyridine rings is 1. The molecular weight excluding hydrogens is 296 g/mol. The molecular formula is C18H13ClN2O. The van der Waals surface area contributed by atoms with Crippen molar-refractivity contribution in [3.63, 3.8) is 0 Å². The van der Waals surface area contributed by atoms with Gasteiger partial charge < -0.3 is 4.90 Å². The third kappa shape index (κ3) is 2.24. The first-order valence-corrected chi connectivity index (χ1v) is 7.51. The van der Waals surface area contributed by atoms with Crippen LogP contribution in [0.25, 0.3) is 10.9 Å². The summed E-state index contributed by atoms with van der Waals surface area (Å²) in [5.41, 5.74) is 3.52. The molecule has 0 atom stereocenters. The van der Waals surface area contributed by atoms with Crippen LogP contribution in [-0.2, 0) is 13.1 Å². The lowest BCUT2D eigenvalue weighted by Gasteiger charge is -2.14. The van der Waals surface area contributed by atoms with Crippen molar-refractivity contribution in [2.45, 2.75) is 13.1 Å². The van der Waals surface area contributed by atoms with E-state index in [-0.39, 0.29) is 5.91 Å². The fourth-order valence-electron chi connectivity index (χ4n) is 2.85. The predicted octanol–water partition coefficient (Wildman–Crippen LogP) is 4.04. The summed E-state index contributed by atoms with van der Waals surface area (Å²) in [7, 11) is 0. The second-order valence-electron chi connectivity index (χ2n) is 5.47. The highest BCUT2D eigenvalue weighted by Gasteiger charge is 2.28. The molecule has 0 bridgehead atoms. The highest BCUT2D eigenvalue weighted by molar-refractivity contribution is 6.31. The Bertz CT molecular complexity index is 877. The Kier molecular flexibility index (Phi) is 3.09. The van der Waals surface area contributed by atoms with Crippen LogP contribution in [0.2, 0.25) is 5.02 Å². The number of halogens is 1. The summed E-state index contributed by atoms with van der Waals surface area (Å²) in [6.45, 7) is 1.16. The smallest absolute Gasteiger partial charge is 0.256 e. The Morgan fingerprint density at radius 1 is 1.09 bits per heavy atom. The van der Waals surface area contributed by atoms with Gasteiger partial charge in [0.05, 0.1) is 23.3 Å². The zero-order valence-electron chi connectivity index (χ0n) is 11.8. The monoisotopic (exact) mass is 308 g/mol. The maximum atomic E-state index is 12.6. The minimum absolute atomic E-state index is 0.0354. The average Bonchev–Trinajstić information content (AvgIpc) is 2.82. The zero-order chi connectivity index (χ0) is 15.1. The standard InChI is InChI=1S/C18H13ClN2O/c19-14-6-7-16-13(8-14)9-15-17(20-16)11-21(18(15)22)10-12-4-2-1-3-5-12/h1-9H,10-11H2. The van der Waals surface area contributed by atoms with Gasteiger partial charge in [-0.05, 0) is 29.8 Å². The molecule has 3 nitrogen and oxygen atoms in total. The molecule has 1 amide bonds. The fraction of sp³-hybridized carbons (Fsp3) is 0.111. The lowest BCUT2D eigenvalue weighted by molar-refractivity contribution is 0.0766. The SMILES string of the molecule is O=C1c2cc3cc(Cl)ccc3nc2CN1Cc1ccccc1. The third-order valence-electron chi connectivity index (χ3n) is 3.93. The van der Waals surface area contributed by atoms with E-state index in [9.17, 15) is 4.79 Å².